The van der Waals surface area contributed by atoms with E-state index in [0.717, 1.165) is 38.5 Å². The quantitative estimate of drug-likeness (QED) is 0.0714. The average Bonchev–Trinajstić information content (AvgIpc) is 2.94. The van der Waals surface area contributed by atoms with Gasteiger partial charge in [-0.05, 0) is 12.8 Å². The first-order chi connectivity index (χ1) is 19.4. The number of ether oxygens (including phenoxy) is 4. The number of hydrogen-bond donors (Lipinski definition) is 3. The summed E-state index contributed by atoms with van der Waals surface area (Å²) in [6, 6.07) is 0. The Labute approximate surface area is 242 Å². The normalized spacial score (nSPS) is 22.8. The Morgan fingerprint density at radius 3 is 1.57 bits per heavy atom. The van der Waals surface area contributed by atoms with Gasteiger partial charge in [-0.1, -0.05) is 117 Å². The van der Waals surface area contributed by atoms with E-state index in [2.05, 4.69) is 13.8 Å². The number of carbonyl (C=O) groups excluding carboxylic acids is 2. The van der Waals surface area contributed by atoms with Gasteiger partial charge < -0.3 is 34.3 Å². The lowest BCUT2D eigenvalue weighted by Gasteiger charge is -2.41. The van der Waals surface area contributed by atoms with Gasteiger partial charge in [0, 0.05) is 12.8 Å². The van der Waals surface area contributed by atoms with Crippen LogP contribution in [-0.4, -0.2) is 71.4 Å². The highest BCUT2D eigenvalue weighted by Crippen LogP contribution is 2.25. The molecule has 0 spiro atoms. The summed E-state index contributed by atoms with van der Waals surface area (Å²) in [6.45, 7) is 3.40. The van der Waals surface area contributed by atoms with Gasteiger partial charge in [0.25, 0.3) is 0 Å². The molecule has 40 heavy (non-hydrogen) atoms. The fourth-order valence-electron chi connectivity index (χ4n) is 4.93. The molecule has 0 saturated carbocycles. The topological polar surface area (TPSA) is 132 Å². The van der Waals surface area contributed by atoms with Crippen LogP contribution in [0.4, 0.5) is 0 Å². The van der Waals surface area contributed by atoms with Gasteiger partial charge in [-0.3, -0.25) is 9.59 Å². The molecule has 0 bridgehead atoms. The number of esters is 2. The number of unbranched alkanes of at least 4 members (excludes halogenated alkanes) is 16. The van der Waals surface area contributed by atoms with Crippen LogP contribution in [0, 0.1) is 0 Å². The lowest BCUT2D eigenvalue weighted by atomic mass is 9.99. The van der Waals surface area contributed by atoms with Crippen LogP contribution in [0.1, 0.15) is 142 Å². The van der Waals surface area contributed by atoms with Gasteiger partial charge >= 0.3 is 11.9 Å². The van der Waals surface area contributed by atoms with E-state index in [1.165, 1.54) is 70.6 Å². The summed E-state index contributed by atoms with van der Waals surface area (Å²) in [5.74, 6) is -0.932. The van der Waals surface area contributed by atoms with Crippen molar-refractivity contribution >= 4 is 11.9 Å². The van der Waals surface area contributed by atoms with Crippen molar-refractivity contribution in [3.8, 4) is 0 Å². The van der Waals surface area contributed by atoms with E-state index in [1.54, 1.807) is 0 Å². The molecule has 5 atom stereocenters. The van der Waals surface area contributed by atoms with Gasteiger partial charge in [0.2, 0.25) is 6.29 Å². The summed E-state index contributed by atoms with van der Waals surface area (Å²) in [6.07, 6.45) is 14.1. The van der Waals surface area contributed by atoms with Crippen molar-refractivity contribution in [1.82, 2.24) is 0 Å². The fourth-order valence-corrected chi connectivity index (χ4v) is 4.93. The third kappa shape index (κ3) is 16.9. The van der Waals surface area contributed by atoms with Crippen LogP contribution >= 0.6 is 0 Å². The second kappa shape index (κ2) is 24.3. The Balaban J connectivity index is 2.33. The van der Waals surface area contributed by atoms with Crippen molar-refractivity contribution in [1.29, 1.82) is 0 Å². The van der Waals surface area contributed by atoms with Crippen LogP contribution in [0.15, 0.2) is 0 Å². The molecule has 9 heteroatoms. The predicted octanol–water partition coefficient (Wildman–Crippen LogP) is 5.70. The minimum Gasteiger partial charge on any atom is -0.454 e. The molecule has 1 fully saturated rings. The van der Waals surface area contributed by atoms with E-state index in [9.17, 15) is 24.9 Å². The van der Waals surface area contributed by atoms with Crippen LogP contribution < -0.4 is 0 Å². The third-order valence-corrected chi connectivity index (χ3v) is 7.51. The lowest BCUT2D eigenvalue weighted by molar-refractivity contribution is -0.316. The number of carbonyl (C=O) groups is 2. The van der Waals surface area contributed by atoms with E-state index < -0.39 is 56.0 Å². The van der Waals surface area contributed by atoms with Gasteiger partial charge in [0.15, 0.2) is 12.9 Å². The molecule has 0 unspecified atom stereocenters. The summed E-state index contributed by atoms with van der Waals surface area (Å²) < 4.78 is 21.6. The van der Waals surface area contributed by atoms with E-state index in [-0.39, 0.29) is 12.8 Å². The number of rotatable bonds is 25. The number of hydrogen-bond acceptors (Lipinski definition) is 9. The van der Waals surface area contributed by atoms with Gasteiger partial charge in [0.1, 0.15) is 18.3 Å². The molecule has 0 aliphatic carbocycles. The van der Waals surface area contributed by atoms with Crippen molar-refractivity contribution in [2.24, 2.45) is 0 Å². The zero-order valence-corrected chi connectivity index (χ0v) is 25.2. The first-order valence-corrected chi connectivity index (χ1v) is 16.0. The minimum absolute atomic E-state index is 0.180. The van der Waals surface area contributed by atoms with Gasteiger partial charge in [-0.2, -0.15) is 0 Å². The van der Waals surface area contributed by atoms with Crippen molar-refractivity contribution in [3.05, 3.63) is 0 Å². The lowest BCUT2D eigenvalue weighted by Crippen LogP contribution is -2.60. The number of aliphatic hydroxyl groups excluding tert-OH is 3. The minimum atomic E-state index is -1.51. The Kier molecular flexibility index (Phi) is 22.4. The Bertz CT molecular complexity index is 630. The average molecular weight is 575 g/mol. The van der Waals surface area contributed by atoms with Gasteiger partial charge in [0.05, 0.1) is 6.61 Å². The summed E-state index contributed by atoms with van der Waals surface area (Å²) >= 11 is 0. The second-order valence-electron chi connectivity index (χ2n) is 11.1. The summed E-state index contributed by atoms with van der Waals surface area (Å²) in [5.41, 5.74) is 0. The molecule has 236 valence electrons. The van der Waals surface area contributed by atoms with Crippen LogP contribution in [0.2, 0.25) is 0 Å². The van der Waals surface area contributed by atoms with Crippen LogP contribution in [0.25, 0.3) is 0 Å². The van der Waals surface area contributed by atoms with Crippen molar-refractivity contribution in [2.45, 2.75) is 173 Å². The molecule has 9 nitrogen and oxygen atoms in total. The SMILES string of the molecule is CCCCCCCCCCCC(=O)OCO[C@H]1O[C@H](CO)[C@@H](O)[C@H](O)[C@H]1OC(=O)CCCCCCCCCCC. The predicted molar refractivity (Wildman–Crippen MR) is 153 cm³/mol. The van der Waals surface area contributed by atoms with E-state index in [0.29, 0.717) is 6.42 Å². The van der Waals surface area contributed by atoms with Crippen LogP contribution in [0.5, 0.6) is 0 Å². The van der Waals surface area contributed by atoms with Gasteiger partial charge in [-0.15, -0.1) is 0 Å². The molecule has 1 saturated heterocycles. The molecular formula is C31H58O9. The zero-order valence-electron chi connectivity index (χ0n) is 25.2. The van der Waals surface area contributed by atoms with E-state index >= 15 is 0 Å². The molecule has 0 amide bonds. The maximum absolute atomic E-state index is 12.4. The smallest absolute Gasteiger partial charge is 0.307 e. The van der Waals surface area contributed by atoms with Crippen LogP contribution in [0.3, 0.4) is 0 Å². The second-order valence-corrected chi connectivity index (χ2v) is 11.1. The summed E-state index contributed by atoms with van der Waals surface area (Å²) in [5, 5.41) is 30.3. The van der Waals surface area contributed by atoms with Crippen LogP contribution in [-0.2, 0) is 28.5 Å². The molecule has 1 aliphatic heterocycles. The van der Waals surface area contributed by atoms with Gasteiger partial charge in [-0.25, -0.2) is 0 Å². The van der Waals surface area contributed by atoms with Crippen molar-refractivity contribution in [2.75, 3.05) is 13.4 Å². The zero-order chi connectivity index (χ0) is 29.4. The molecule has 1 aliphatic rings. The first kappa shape index (κ1) is 36.8. The highest BCUT2D eigenvalue weighted by Gasteiger charge is 2.47. The molecule has 1 heterocycles. The maximum Gasteiger partial charge on any atom is 0.307 e. The molecule has 0 radical (unpaired) electrons. The monoisotopic (exact) mass is 574 g/mol. The summed E-state index contributed by atoms with van der Waals surface area (Å²) in [4.78, 5) is 24.5. The largest absolute Gasteiger partial charge is 0.454 e. The Hall–Kier alpha value is -1.26. The third-order valence-electron chi connectivity index (χ3n) is 7.51. The maximum atomic E-state index is 12.4. The molecule has 0 aromatic heterocycles. The molecular weight excluding hydrogens is 516 g/mol. The van der Waals surface area contributed by atoms with E-state index in [4.69, 9.17) is 18.9 Å². The first-order valence-electron chi connectivity index (χ1n) is 16.0. The van der Waals surface area contributed by atoms with Crippen molar-refractivity contribution < 1.29 is 43.9 Å². The Morgan fingerprint density at radius 2 is 1.10 bits per heavy atom. The standard InChI is InChI=1S/C31H58O9/c1-3-5-7-9-11-13-15-17-19-21-26(33)37-24-38-31-30(29(36)28(35)25(23-32)39-31)40-27(34)22-20-18-16-14-12-10-8-6-4-2/h25,28-32,35-36H,3-24H2,1-2H3/t25-,28-,29+,30-,31+/m1/s1. The highest BCUT2D eigenvalue weighted by molar-refractivity contribution is 5.69. The summed E-state index contributed by atoms with van der Waals surface area (Å²) in [7, 11) is 0. The fraction of sp³-hybridized carbons (Fsp3) is 0.935. The molecule has 0 aromatic rings. The molecule has 0 aromatic carbocycles. The molecule has 1 rings (SSSR count). The Morgan fingerprint density at radius 1 is 0.650 bits per heavy atom. The molecule has 3 N–H and O–H groups in total. The van der Waals surface area contributed by atoms with Crippen molar-refractivity contribution in [3.63, 3.8) is 0 Å². The highest BCUT2D eigenvalue weighted by atomic mass is 16.8. The number of aliphatic hydroxyl groups is 3. The van der Waals surface area contributed by atoms with E-state index in [1.807, 2.05) is 0 Å².